The van der Waals surface area contributed by atoms with Gasteiger partial charge in [0.2, 0.25) is 0 Å². The molecule has 2 aromatic rings. The van der Waals surface area contributed by atoms with Gasteiger partial charge in [-0.1, -0.05) is 17.7 Å². The van der Waals surface area contributed by atoms with Crippen LogP contribution in [0, 0.1) is 0 Å². The highest BCUT2D eigenvalue weighted by molar-refractivity contribution is 6.33. The van der Waals surface area contributed by atoms with E-state index in [4.69, 9.17) is 17.3 Å². The SMILES string of the molecule is Nc1ccc(-c2ccc[nH]2)cc1Cl. The van der Waals surface area contributed by atoms with E-state index in [1.54, 1.807) is 6.07 Å². The van der Waals surface area contributed by atoms with Crippen molar-refractivity contribution in [2.24, 2.45) is 0 Å². The van der Waals surface area contributed by atoms with Crippen LogP contribution in [0.4, 0.5) is 5.69 Å². The molecule has 0 fully saturated rings. The van der Waals surface area contributed by atoms with Gasteiger partial charge in [-0.05, 0) is 29.8 Å². The van der Waals surface area contributed by atoms with Crippen molar-refractivity contribution in [1.29, 1.82) is 0 Å². The lowest BCUT2D eigenvalue weighted by Crippen LogP contribution is -1.86. The lowest BCUT2D eigenvalue weighted by atomic mass is 10.1. The predicted molar refractivity (Wildman–Crippen MR) is 55.7 cm³/mol. The van der Waals surface area contributed by atoms with E-state index >= 15 is 0 Å². The minimum Gasteiger partial charge on any atom is -0.398 e. The maximum atomic E-state index is 5.89. The summed E-state index contributed by atoms with van der Waals surface area (Å²) in [7, 11) is 0. The molecule has 0 aliphatic carbocycles. The van der Waals surface area contributed by atoms with Crippen LogP contribution in [-0.2, 0) is 0 Å². The molecular weight excluding hydrogens is 184 g/mol. The monoisotopic (exact) mass is 192 g/mol. The highest BCUT2D eigenvalue weighted by Crippen LogP contribution is 2.25. The number of rotatable bonds is 1. The maximum Gasteiger partial charge on any atom is 0.0642 e. The Balaban J connectivity index is 2.49. The Bertz CT molecular complexity index is 407. The second-order valence-corrected chi connectivity index (χ2v) is 3.23. The smallest absolute Gasteiger partial charge is 0.0642 e. The number of anilines is 1. The number of aromatic amines is 1. The third-order valence-electron chi connectivity index (χ3n) is 1.91. The summed E-state index contributed by atoms with van der Waals surface area (Å²) in [6.45, 7) is 0. The van der Waals surface area contributed by atoms with Gasteiger partial charge < -0.3 is 10.7 Å². The number of benzene rings is 1. The van der Waals surface area contributed by atoms with Gasteiger partial charge in [-0.15, -0.1) is 0 Å². The number of nitrogens with one attached hydrogen (secondary N) is 1. The summed E-state index contributed by atoms with van der Waals surface area (Å²) in [5.41, 5.74) is 8.30. The van der Waals surface area contributed by atoms with Gasteiger partial charge in [-0.3, -0.25) is 0 Å². The Labute approximate surface area is 81.3 Å². The average Bonchev–Trinajstić information content (AvgIpc) is 2.62. The van der Waals surface area contributed by atoms with Crippen LogP contribution in [0.5, 0.6) is 0 Å². The molecule has 2 rings (SSSR count). The van der Waals surface area contributed by atoms with Crippen LogP contribution in [0.1, 0.15) is 0 Å². The van der Waals surface area contributed by atoms with E-state index in [0.717, 1.165) is 11.3 Å². The van der Waals surface area contributed by atoms with Gasteiger partial charge in [0.15, 0.2) is 0 Å². The first-order valence-electron chi connectivity index (χ1n) is 3.96. The minimum absolute atomic E-state index is 0.590. The van der Waals surface area contributed by atoms with Crippen LogP contribution < -0.4 is 5.73 Å². The number of H-pyrrole nitrogens is 1. The summed E-state index contributed by atoms with van der Waals surface area (Å²) in [4.78, 5) is 3.10. The van der Waals surface area contributed by atoms with Crippen molar-refractivity contribution in [1.82, 2.24) is 4.98 Å². The number of nitrogen functional groups attached to an aromatic ring is 1. The first-order valence-corrected chi connectivity index (χ1v) is 4.34. The molecule has 0 saturated carbocycles. The summed E-state index contributed by atoms with van der Waals surface area (Å²) >= 11 is 5.89. The summed E-state index contributed by atoms with van der Waals surface area (Å²) in [6.07, 6.45) is 1.87. The molecule has 0 atom stereocenters. The van der Waals surface area contributed by atoms with E-state index in [-0.39, 0.29) is 0 Å². The zero-order valence-electron chi connectivity index (χ0n) is 6.92. The van der Waals surface area contributed by atoms with E-state index in [9.17, 15) is 0 Å². The van der Waals surface area contributed by atoms with Crippen LogP contribution >= 0.6 is 11.6 Å². The van der Waals surface area contributed by atoms with Crippen LogP contribution in [0.25, 0.3) is 11.3 Å². The number of nitrogens with two attached hydrogens (primary N) is 1. The normalized spacial score (nSPS) is 10.2. The fraction of sp³-hybridized carbons (Fsp3) is 0. The van der Waals surface area contributed by atoms with E-state index in [1.165, 1.54) is 0 Å². The highest BCUT2D eigenvalue weighted by Gasteiger charge is 2.00. The summed E-state index contributed by atoms with van der Waals surface area (Å²) in [6, 6.07) is 9.52. The van der Waals surface area contributed by atoms with Crippen LogP contribution in [0.2, 0.25) is 5.02 Å². The molecule has 13 heavy (non-hydrogen) atoms. The molecule has 1 aromatic heterocycles. The van der Waals surface area contributed by atoms with Crippen LogP contribution in [0.3, 0.4) is 0 Å². The standard InChI is InChI=1S/C10H9ClN2/c11-8-6-7(3-4-9(8)12)10-2-1-5-13-10/h1-6,13H,12H2. The zero-order valence-corrected chi connectivity index (χ0v) is 7.68. The Morgan fingerprint density at radius 3 is 2.69 bits per heavy atom. The fourth-order valence-corrected chi connectivity index (χ4v) is 1.39. The molecule has 0 aliphatic rings. The van der Waals surface area contributed by atoms with Gasteiger partial charge in [-0.25, -0.2) is 0 Å². The topological polar surface area (TPSA) is 41.8 Å². The summed E-state index contributed by atoms with van der Waals surface area (Å²) in [5.74, 6) is 0. The number of hydrogen-bond donors (Lipinski definition) is 2. The lowest BCUT2D eigenvalue weighted by molar-refractivity contribution is 1.40. The third kappa shape index (κ3) is 1.53. The molecule has 0 radical (unpaired) electrons. The van der Waals surface area contributed by atoms with E-state index < -0.39 is 0 Å². The Hall–Kier alpha value is -1.41. The minimum atomic E-state index is 0.590. The first-order chi connectivity index (χ1) is 6.27. The molecule has 1 aromatic carbocycles. The molecule has 0 amide bonds. The Morgan fingerprint density at radius 1 is 1.23 bits per heavy atom. The second-order valence-electron chi connectivity index (χ2n) is 2.82. The van der Waals surface area contributed by atoms with E-state index in [2.05, 4.69) is 4.98 Å². The first kappa shape index (κ1) is 8.20. The molecule has 3 heteroatoms. The van der Waals surface area contributed by atoms with Gasteiger partial charge in [0, 0.05) is 11.9 Å². The van der Waals surface area contributed by atoms with E-state index in [0.29, 0.717) is 10.7 Å². The number of aromatic nitrogens is 1. The zero-order chi connectivity index (χ0) is 9.26. The molecule has 66 valence electrons. The Morgan fingerprint density at radius 2 is 2.08 bits per heavy atom. The Kier molecular flexibility index (Phi) is 1.99. The maximum absolute atomic E-state index is 5.89. The van der Waals surface area contributed by atoms with Crippen molar-refractivity contribution in [2.45, 2.75) is 0 Å². The van der Waals surface area contributed by atoms with Crippen molar-refractivity contribution >= 4 is 17.3 Å². The van der Waals surface area contributed by atoms with Gasteiger partial charge in [0.1, 0.15) is 0 Å². The molecule has 3 N–H and O–H groups in total. The second kappa shape index (κ2) is 3.15. The van der Waals surface area contributed by atoms with Gasteiger partial charge >= 0.3 is 0 Å². The largest absolute Gasteiger partial charge is 0.398 e. The van der Waals surface area contributed by atoms with Crippen LogP contribution in [0.15, 0.2) is 36.5 Å². The molecule has 0 saturated heterocycles. The molecule has 2 nitrogen and oxygen atoms in total. The van der Waals surface area contributed by atoms with Crippen molar-refractivity contribution in [3.05, 3.63) is 41.6 Å². The lowest BCUT2D eigenvalue weighted by Gasteiger charge is -2.01. The molecule has 1 heterocycles. The van der Waals surface area contributed by atoms with Crippen LogP contribution in [-0.4, -0.2) is 4.98 Å². The highest BCUT2D eigenvalue weighted by atomic mass is 35.5. The molecule has 0 bridgehead atoms. The van der Waals surface area contributed by atoms with Gasteiger partial charge in [-0.2, -0.15) is 0 Å². The number of hydrogen-bond acceptors (Lipinski definition) is 1. The summed E-state index contributed by atoms with van der Waals surface area (Å²) in [5, 5.41) is 0.590. The van der Waals surface area contributed by atoms with E-state index in [1.807, 2.05) is 30.5 Å². The summed E-state index contributed by atoms with van der Waals surface area (Å²) < 4.78 is 0. The number of halogens is 1. The molecule has 0 unspecified atom stereocenters. The average molecular weight is 193 g/mol. The quantitative estimate of drug-likeness (QED) is 0.671. The molecule has 0 aliphatic heterocycles. The van der Waals surface area contributed by atoms with Gasteiger partial charge in [0.05, 0.1) is 10.7 Å². The third-order valence-corrected chi connectivity index (χ3v) is 2.24. The van der Waals surface area contributed by atoms with Crippen molar-refractivity contribution < 1.29 is 0 Å². The van der Waals surface area contributed by atoms with Gasteiger partial charge in [0.25, 0.3) is 0 Å². The van der Waals surface area contributed by atoms with Crippen molar-refractivity contribution in [3.63, 3.8) is 0 Å². The van der Waals surface area contributed by atoms with Crippen molar-refractivity contribution in [3.8, 4) is 11.3 Å². The predicted octanol–water partition coefficient (Wildman–Crippen LogP) is 2.92. The van der Waals surface area contributed by atoms with Crippen molar-refractivity contribution in [2.75, 3.05) is 5.73 Å². The molecule has 0 spiro atoms. The molecular formula is C10H9ClN2. The fourth-order valence-electron chi connectivity index (χ4n) is 1.20.